The van der Waals surface area contributed by atoms with Gasteiger partial charge in [-0.1, -0.05) is 11.6 Å². The molecule has 0 fully saturated rings. The number of fused-ring (bicyclic) bond motifs is 1. The van der Waals surface area contributed by atoms with Crippen molar-refractivity contribution in [3.05, 3.63) is 81.5 Å². The molecule has 0 aliphatic rings. The fourth-order valence-electron chi connectivity index (χ4n) is 3.81. The maximum atomic E-state index is 13.5. The van der Waals surface area contributed by atoms with Crippen LogP contribution < -0.4 is 10.9 Å². The standard InChI is InChI=1S/C26H22ClF3N2O4S/c27-16-4-6-22(34)20(13-16)23-19-12-15(26(28,29)30)3-5-21(19)32-25(35)24(23)37-14-17(33)7-9-31-10-8-18-2-1-11-36-18/h1-6,11-13,31,34H,7-10,14H2,(H,32,35). The quantitative estimate of drug-likeness (QED) is 0.164. The van der Waals surface area contributed by atoms with E-state index in [1.165, 1.54) is 24.3 Å². The van der Waals surface area contributed by atoms with E-state index in [2.05, 4.69) is 10.3 Å². The fourth-order valence-corrected chi connectivity index (χ4v) is 4.98. The van der Waals surface area contributed by atoms with E-state index in [4.69, 9.17) is 16.0 Å². The number of benzene rings is 2. The molecule has 2 heterocycles. The second kappa shape index (κ2) is 11.5. The number of hydrogen-bond acceptors (Lipinski definition) is 6. The normalized spacial score (nSPS) is 11.8. The van der Waals surface area contributed by atoms with Gasteiger partial charge in [0.25, 0.3) is 5.56 Å². The maximum Gasteiger partial charge on any atom is 0.416 e. The van der Waals surface area contributed by atoms with Crippen LogP contribution in [0, 0.1) is 0 Å². The van der Waals surface area contributed by atoms with Crippen LogP contribution in [0.25, 0.3) is 22.0 Å². The molecule has 2 aromatic heterocycles. The topological polar surface area (TPSA) is 95.3 Å². The van der Waals surface area contributed by atoms with Crippen LogP contribution in [0.2, 0.25) is 5.02 Å². The van der Waals surface area contributed by atoms with E-state index in [0.29, 0.717) is 19.5 Å². The minimum Gasteiger partial charge on any atom is -0.507 e. The first-order chi connectivity index (χ1) is 17.6. The van der Waals surface area contributed by atoms with Crippen molar-refractivity contribution < 1.29 is 27.5 Å². The van der Waals surface area contributed by atoms with Gasteiger partial charge in [-0.3, -0.25) is 9.59 Å². The number of Topliss-reactive ketones (excluding diaryl/α,β-unsaturated/α-hetero) is 1. The van der Waals surface area contributed by atoms with E-state index in [0.717, 1.165) is 29.7 Å². The SMILES string of the molecule is O=C(CCNCCc1ccco1)CSc1c(-c2cc(Cl)ccc2O)c2cc(C(F)(F)F)ccc2[nH]c1=O. The number of carbonyl (C=O) groups excluding carboxylic acids is 1. The number of phenolic OH excluding ortho intramolecular Hbond substituents is 1. The summed E-state index contributed by atoms with van der Waals surface area (Å²) in [5.41, 5.74) is -1.17. The monoisotopic (exact) mass is 550 g/mol. The van der Waals surface area contributed by atoms with E-state index in [1.807, 2.05) is 6.07 Å². The van der Waals surface area contributed by atoms with Gasteiger partial charge in [-0.25, -0.2) is 0 Å². The number of thioether (sulfide) groups is 1. The third kappa shape index (κ3) is 6.57. The number of furan rings is 1. The van der Waals surface area contributed by atoms with Gasteiger partial charge in [0.2, 0.25) is 0 Å². The van der Waals surface area contributed by atoms with Crippen LogP contribution in [0.1, 0.15) is 17.7 Å². The molecule has 3 N–H and O–H groups in total. The first-order valence-electron chi connectivity index (χ1n) is 11.3. The Hall–Kier alpha value is -3.21. The van der Waals surface area contributed by atoms with Gasteiger partial charge < -0.3 is 19.8 Å². The van der Waals surface area contributed by atoms with Crippen LogP contribution in [0.4, 0.5) is 13.2 Å². The Morgan fingerprint density at radius 1 is 1.14 bits per heavy atom. The van der Waals surface area contributed by atoms with Crippen LogP contribution in [0.15, 0.2) is 68.9 Å². The van der Waals surface area contributed by atoms with Crippen LogP contribution in [0.5, 0.6) is 5.75 Å². The number of rotatable bonds is 10. The summed E-state index contributed by atoms with van der Waals surface area (Å²) in [6.45, 7) is 1.04. The van der Waals surface area contributed by atoms with Gasteiger partial charge in [-0.15, -0.1) is 11.8 Å². The average Bonchev–Trinajstić information content (AvgIpc) is 3.36. The molecule has 0 saturated heterocycles. The lowest BCUT2D eigenvalue weighted by atomic mass is 9.98. The van der Waals surface area contributed by atoms with E-state index >= 15 is 0 Å². The molecule has 0 unspecified atom stereocenters. The Balaban J connectivity index is 1.59. The number of hydrogen-bond donors (Lipinski definition) is 3. The summed E-state index contributed by atoms with van der Waals surface area (Å²) in [5.74, 6) is 0.334. The average molecular weight is 551 g/mol. The molecule has 0 saturated carbocycles. The highest BCUT2D eigenvalue weighted by molar-refractivity contribution is 8.00. The molecule has 11 heteroatoms. The summed E-state index contributed by atoms with van der Waals surface area (Å²) in [6, 6.07) is 10.7. The fraction of sp³-hybridized carbons (Fsp3) is 0.231. The number of aromatic nitrogens is 1. The van der Waals surface area contributed by atoms with E-state index < -0.39 is 17.3 Å². The molecule has 0 amide bonds. The van der Waals surface area contributed by atoms with Crippen molar-refractivity contribution in [3.8, 4) is 16.9 Å². The number of pyridine rings is 1. The lowest BCUT2D eigenvalue weighted by molar-refractivity contribution is -0.137. The number of carbonyl (C=O) groups is 1. The lowest BCUT2D eigenvalue weighted by Gasteiger charge is -2.16. The van der Waals surface area contributed by atoms with Gasteiger partial charge in [0, 0.05) is 53.0 Å². The Labute approximate surface area is 218 Å². The second-order valence-electron chi connectivity index (χ2n) is 8.23. The van der Waals surface area contributed by atoms with Gasteiger partial charge in [-0.2, -0.15) is 13.2 Å². The van der Waals surface area contributed by atoms with Crippen LogP contribution >= 0.6 is 23.4 Å². The number of nitrogens with one attached hydrogen (secondary N) is 2. The molecular weight excluding hydrogens is 529 g/mol. The second-order valence-corrected chi connectivity index (χ2v) is 9.66. The molecule has 0 aliphatic carbocycles. The van der Waals surface area contributed by atoms with Gasteiger partial charge >= 0.3 is 6.18 Å². The highest BCUT2D eigenvalue weighted by Crippen LogP contribution is 2.42. The Bertz CT molecular complexity index is 1470. The highest BCUT2D eigenvalue weighted by Gasteiger charge is 2.31. The van der Waals surface area contributed by atoms with Gasteiger partial charge in [-0.05, 0) is 48.5 Å². The number of phenols is 1. The minimum absolute atomic E-state index is 0.0171. The number of ketones is 1. The van der Waals surface area contributed by atoms with Crippen molar-refractivity contribution in [2.45, 2.75) is 23.9 Å². The molecular formula is C26H22ClF3N2O4S. The van der Waals surface area contributed by atoms with E-state index in [9.17, 15) is 27.9 Å². The minimum atomic E-state index is -4.62. The first kappa shape index (κ1) is 26.8. The van der Waals surface area contributed by atoms with Crippen LogP contribution in [-0.4, -0.2) is 34.7 Å². The predicted molar refractivity (Wildman–Crippen MR) is 137 cm³/mol. The Morgan fingerprint density at radius 3 is 2.68 bits per heavy atom. The molecule has 6 nitrogen and oxygen atoms in total. The largest absolute Gasteiger partial charge is 0.507 e. The molecule has 2 aromatic carbocycles. The number of halogens is 4. The zero-order valence-electron chi connectivity index (χ0n) is 19.3. The molecule has 4 rings (SSSR count). The van der Waals surface area contributed by atoms with Gasteiger partial charge in [0.05, 0.1) is 22.5 Å². The van der Waals surface area contributed by atoms with Crippen LogP contribution in [-0.2, 0) is 17.4 Å². The zero-order valence-corrected chi connectivity index (χ0v) is 20.9. The molecule has 37 heavy (non-hydrogen) atoms. The number of H-pyrrole nitrogens is 1. The summed E-state index contributed by atoms with van der Waals surface area (Å²) in [7, 11) is 0. The van der Waals surface area contributed by atoms with Crippen LogP contribution in [0.3, 0.4) is 0 Å². The number of aromatic hydroxyl groups is 1. The van der Waals surface area contributed by atoms with Crippen molar-refractivity contribution in [3.63, 3.8) is 0 Å². The van der Waals surface area contributed by atoms with Crippen molar-refractivity contribution in [1.29, 1.82) is 0 Å². The molecule has 0 radical (unpaired) electrons. The summed E-state index contributed by atoms with van der Waals surface area (Å²) in [6.07, 6.45) is -2.15. The predicted octanol–water partition coefficient (Wildman–Crippen LogP) is 6.05. The number of alkyl halides is 3. The molecule has 0 atom stereocenters. The van der Waals surface area contributed by atoms with E-state index in [1.54, 1.807) is 12.3 Å². The van der Waals surface area contributed by atoms with Crippen molar-refractivity contribution in [1.82, 2.24) is 10.3 Å². The Morgan fingerprint density at radius 2 is 1.95 bits per heavy atom. The number of aromatic amines is 1. The third-order valence-corrected chi connectivity index (χ3v) is 6.99. The summed E-state index contributed by atoms with van der Waals surface area (Å²) < 4.78 is 45.7. The first-order valence-corrected chi connectivity index (χ1v) is 12.6. The molecule has 4 aromatic rings. The molecule has 0 spiro atoms. The molecule has 0 bridgehead atoms. The summed E-state index contributed by atoms with van der Waals surface area (Å²) >= 11 is 7.02. The summed E-state index contributed by atoms with van der Waals surface area (Å²) in [4.78, 5) is 28.1. The third-order valence-electron chi connectivity index (χ3n) is 5.61. The highest BCUT2D eigenvalue weighted by atomic mass is 35.5. The maximum absolute atomic E-state index is 13.5. The van der Waals surface area contributed by atoms with Crippen molar-refractivity contribution in [2.75, 3.05) is 18.8 Å². The molecule has 0 aliphatic heterocycles. The van der Waals surface area contributed by atoms with Crippen molar-refractivity contribution in [2.24, 2.45) is 0 Å². The zero-order chi connectivity index (χ0) is 26.6. The van der Waals surface area contributed by atoms with Gasteiger partial charge in [0.15, 0.2) is 0 Å². The van der Waals surface area contributed by atoms with E-state index in [-0.39, 0.29) is 55.7 Å². The smallest absolute Gasteiger partial charge is 0.416 e. The van der Waals surface area contributed by atoms with Gasteiger partial charge in [0.1, 0.15) is 17.3 Å². The summed E-state index contributed by atoms with van der Waals surface area (Å²) in [5, 5.41) is 14.0. The van der Waals surface area contributed by atoms with Crippen molar-refractivity contribution >= 4 is 40.0 Å². The lowest BCUT2D eigenvalue weighted by Crippen LogP contribution is -2.21. The Kier molecular flexibility index (Phi) is 8.31. The molecule has 194 valence electrons.